The van der Waals surface area contributed by atoms with Gasteiger partial charge in [-0.15, -0.1) is 12.4 Å². The Morgan fingerprint density at radius 2 is 1.87 bits per heavy atom. The molecular formula is C15H17BrClN3O3. The van der Waals surface area contributed by atoms with Gasteiger partial charge in [0, 0.05) is 10.5 Å². The molecule has 23 heavy (non-hydrogen) atoms. The van der Waals surface area contributed by atoms with Crippen molar-refractivity contribution in [1.82, 2.24) is 15.5 Å². The van der Waals surface area contributed by atoms with Crippen molar-refractivity contribution in [3.63, 3.8) is 0 Å². The highest BCUT2D eigenvalue weighted by atomic mass is 79.9. The molecule has 0 unspecified atom stereocenters. The highest BCUT2D eigenvalue weighted by Crippen LogP contribution is 2.25. The van der Waals surface area contributed by atoms with Crippen molar-refractivity contribution in [1.29, 1.82) is 0 Å². The van der Waals surface area contributed by atoms with Crippen LogP contribution in [0.3, 0.4) is 0 Å². The fraction of sp³-hybridized carbons (Fsp3) is 0.400. The van der Waals surface area contributed by atoms with Crippen molar-refractivity contribution in [3.8, 4) is 0 Å². The van der Waals surface area contributed by atoms with Gasteiger partial charge in [0.05, 0.1) is 11.1 Å². The summed E-state index contributed by atoms with van der Waals surface area (Å²) in [5, 5.41) is 6.11. The summed E-state index contributed by atoms with van der Waals surface area (Å²) in [6, 6.07) is 5.03. The van der Waals surface area contributed by atoms with Crippen molar-refractivity contribution in [2.75, 3.05) is 19.6 Å². The first-order chi connectivity index (χ1) is 10.6. The van der Waals surface area contributed by atoms with E-state index in [2.05, 4.69) is 26.6 Å². The average Bonchev–Trinajstić information content (AvgIpc) is 2.73. The van der Waals surface area contributed by atoms with Crippen molar-refractivity contribution in [3.05, 3.63) is 33.8 Å². The van der Waals surface area contributed by atoms with Crippen LogP contribution in [-0.4, -0.2) is 48.3 Å². The van der Waals surface area contributed by atoms with E-state index in [1.165, 1.54) is 0 Å². The molecule has 0 aromatic heterocycles. The molecular weight excluding hydrogens is 386 g/mol. The van der Waals surface area contributed by atoms with E-state index in [0.29, 0.717) is 11.1 Å². The standard InChI is InChI=1S/C15H16BrN3O3.ClH/c16-9-1-2-11-12(7-9)15(22)19(14(11)21)8-13(20)18-10-3-5-17-6-4-10;/h1-2,7,10,17H,3-6,8H2,(H,18,20);1H. The minimum atomic E-state index is -0.415. The number of carbonyl (C=O) groups excluding carboxylic acids is 3. The fourth-order valence-electron chi connectivity index (χ4n) is 2.79. The molecule has 6 nitrogen and oxygen atoms in total. The average molecular weight is 403 g/mol. The fourth-order valence-corrected chi connectivity index (χ4v) is 3.15. The maximum atomic E-state index is 12.3. The molecule has 124 valence electrons. The zero-order chi connectivity index (χ0) is 15.7. The summed E-state index contributed by atoms with van der Waals surface area (Å²) in [6.07, 6.45) is 1.72. The van der Waals surface area contributed by atoms with E-state index in [1.54, 1.807) is 18.2 Å². The van der Waals surface area contributed by atoms with Gasteiger partial charge in [-0.3, -0.25) is 19.3 Å². The molecule has 2 heterocycles. The van der Waals surface area contributed by atoms with Gasteiger partial charge in [0.15, 0.2) is 0 Å². The summed E-state index contributed by atoms with van der Waals surface area (Å²) < 4.78 is 0.730. The van der Waals surface area contributed by atoms with E-state index in [-0.39, 0.29) is 30.9 Å². The SMILES string of the molecule is Cl.O=C(CN1C(=O)c2ccc(Br)cc2C1=O)NC1CCNCC1. The van der Waals surface area contributed by atoms with Gasteiger partial charge in [-0.2, -0.15) is 0 Å². The first-order valence-corrected chi connectivity index (χ1v) is 8.01. The highest BCUT2D eigenvalue weighted by Gasteiger charge is 2.36. The Morgan fingerprint density at radius 3 is 2.57 bits per heavy atom. The zero-order valence-electron chi connectivity index (χ0n) is 12.3. The Labute approximate surface area is 148 Å². The number of carbonyl (C=O) groups is 3. The summed E-state index contributed by atoms with van der Waals surface area (Å²) in [4.78, 5) is 37.6. The van der Waals surface area contributed by atoms with Crippen LogP contribution in [0.4, 0.5) is 0 Å². The number of rotatable bonds is 3. The summed E-state index contributed by atoms with van der Waals surface area (Å²) in [5.41, 5.74) is 0.692. The lowest BCUT2D eigenvalue weighted by atomic mass is 10.1. The minimum absolute atomic E-state index is 0. The number of nitrogens with zero attached hydrogens (tertiary/aromatic N) is 1. The quantitative estimate of drug-likeness (QED) is 0.748. The highest BCUT2D eigenvalue weighted by molar-refractivity contribution is 9.10. The van der Waals surface area contributed by atoms with Crippen LogP contribution in [0.15, 0.2) is 22.7 Å². The maximum Gasteiger partial charge on any atom is 0.262 e. The van der Waals surface area contributed by atoms with Gasteiger partial charge in [0.2, 0.25) is 5.91 Å². The Morgan fingerprint density at radius 1 is 1.22 bits per heavy atom. The third-order valence-corrected chi connectivity index (χ3v) is 4.43. The molecule has 2 N–H and O–H groups in total. The summed E-state index contributed by atoms with van der Waals surface area (Å²) in [7, 11) is 0. The van der Waals surface area contributed by atoms with Crippen molar-refractivity contribution >= 4 is 46.1 Å². The van der Waals surface area contributed by atoms with E-state index in [4.69, 9.17) is 0 Å². The van der Waals surface area contributed by atoms with Crippen LogP contribution in [0.2, 0.25) is 0 Å². The van der Waals surface area contributed by atoms with Gasteiger partial charge in [-0.05, 0) is 44.1 Å². The summed E-state index contributed by atoms with van der Waals surface area (Å²) in [5.74, 6) is -1.12. The van der Waals surface area contributed by atoms with Gasteiger partial charge in [0.1, 0.15) is 6.54 Å². The second-order valence-corrected chi connectivity index (χ2v) is 6.39. The molecule has 0 bridgehead atoms. The van der Waals surface area contributed by atoms with Gasteiger partial charge in [0.25, 0.3) is 11.8 Å². The zero-order valence-corrected chi connectivity index (χ0v) is 14.7. The van der Waals surface area contributed by atoms with Gasteiger partial charge < -0.3 is 10.6 Å². The molecule has 1 saturated heterocycles. The van der Waals surface area contributed by atoms with Crippen LogP contribution in [0.5, 0.6) is 0 Å². The number of benzene rings is 1. The third-order valence-electron chi connectivity index (χ3n) is 3.94. The third kappa shape index (κ3) is 3.73. The van der Waals surface area contributed by atoms with Gasteiger partial charge in [-0.1, -0.05) is 15.9 Å². The largest absolute Gasteiger partial charge is 0.352 e. The van der Waals surface area contributed by atoms with Crippen molar-refractivity contribution < 1.29 is 14.4 Å². The molecule has 2 aliphatic rings. The molecule has 1 fully saturated rings. The van der Waals surface area contributed by atoms with Crippen LogP contribution < -0.4 is 10.6 Å². The van der Waals surface area contributed by atoms with Crippen LogP contribution in [0.1, 0.15) is 33.6 Å². The Kier molecular flexibility index (Phi) is 5.78. The van der Waals surface area contributed by atoms with Crippen LogP contribution in [-0.2, 0) is 4.79 Å². The lowest BCUT2D eigenvalue weighted by molar-refractivity contribution is -0.122. The van der Waals surface area contributed by atoms with E-state index in [1.807, 2.05) is 0 Å². The second kappa shape index (κ2) is 7.42. The normalized spacial score (nSPS) is 17.7. The number of nitrogens with one attached hydrogen (secondary N) is 2. The molecule has 3 rings (SSSR count). The lowest BCUT2D eigenvalue weighted by Crippen LogP contribution is -2.47. The molecule has 1 aromatic rings. The Hall–Kier alpha value is -1.44. The van der Waals surface area contributed by atoms with Crippen LogP contribution >= 0.6 is 28.3 Å². The predicted molar refractivity (Wildman–Crippen MR) is 90.8 cm³/mol. The monoisotopic (exact) mass is 401 g/mol. The topological polar surface area (TPSA) is 78.5 Å². The molecule has 0 spiro atoms. The summed E-state index contributed by atoms with van der Waals surface area (Å²) in [6.45, 7) is 1.51. The second-order valence-electron chi connectivity index (χ2n) is 5.48. The number of piperidine rings is 1. The molecule has 0 aliphatic carbocycles. The molecule has 8 heteroatoms. The lowest BCUT2D eigenvalue weighted by Gasteiger charge is -2.24. The van der Waals surface area contributed by atoms with Crippen LogP contribution in [0.25, 0.3) is 0 Å². The number of imide groups is 1. The number of hydrogen-bond donors (Lipinski definition) is 2. The van der Waals surface area contributed by atoms with Gasteiger partial charge in [-0.25, -0.2) is 0 Å². The Bertz CT molecular complexity index is 647. The predicted octanol–water partition coefficient (Wildman–Crippen LogP) is 1.34. The van der Waals surface area contributed by atoms with E-state index in [0.717, 1.165) is 35.3 Å². The number of halogens is 2. The molecule has 2 aliphatic heterocycles. The van der Waals surface area contributed by atoms with E-state index >= 15 is 0 Å². The van der Waals surface area contributed by atoms with E-state index < -0.39 is 11.8 Å². The van der Waals surface area contributed by atoms with Gasteiger partial charge >= 0.3 is 0 Å². The first kappa shape index (κ1) is 17.9. The molecule has 3 amide bonds. The first-order valence-electron chi connectivity index (χ1n) is 7.22. The minimum Gasteiger partial charge on any atom is -0.352 e. The maximum absolute atomic E-state index is 12.3. The number of fused-ring (bicyclic) bond motifs is 1. The smallest absolute Gasteiger partial charge is 0.262 e. The number of amides is 3. The number of hydrogen-bond acceptors (Lipinski definition) is 4. The van der Waals surface area contributed by atoms with E-state index in [9.17, 15) is 14.4 Å². The van der Waals surface area contributed by atoms with Crippen molar-refractivity contribution in [2.24, 2.45) is 0 Å². The molecule has 0 radical (unpaired) electrons. The van der Waals surface area contributed by atoms with Crippen LogP contribution in [0, 0.1) is 0 Å². The molecule has 0 atom stereocenters. The summed E-state index contributed by atoms with van der Waals surface area (Å²) >= 11 is 3.28. The van der Waals surface area contributed by atoms with Crippen molar-refractivity contribution in [2.45, 2.75) is 18.9 Å². The molecule has 1 aromatic carbocycles. The Balaban J connectivity index is 0.00000192. The molecule has 0 saturated carbocycles.